The van der Waals surface area contributed by atoms with Crippen molar-refractivity contribution in [1.29, 1.82) is 0 Å². The highest BCUT2D eigenvalue weighted by atomic mass is 15.0. The van der Waals surface area contributed by atoms with Gasteiger partial charge in [0.1, 0.15) is 0 Å². The average molecular weight is 242 g/mol. The van der Waals surface area contributed by atoms with Gasteiger partial charge in [-0.3, -0.25) is 15.0 Å². The van der Waals surface area contributed by atoms with Crippen LogP contribution in [-0.4, -0.2) is 15.0 Å². The lowest BCUT2D eigenvalue weighted by atomic mass is 10.1. The number of nitrogens with zero attached hydrogens (tertiary/aromatic N) is 3. The molecule has 94 valence electrons. The van der Waals surface area contributed by atoms with Crippen LogP contribution in [0.2, 0.25) is 0 Å². The van der Waals surface area contributed by atoms with Gasteiger partial charge in [-0.25, -0.2) is 0 Å². The smallest absolute Gasteiger partial charge is 0.0782 e. The third-order valence-corrected chi connectivity index (χ3v) is 3.04. The first-order chi connectivity index (χ1) is 8.68. The molecule has 1 N–H and O–H groups in total. The number of nitrogens with one attached hydrogen (secondary N) is 1. The number of hydrogen-bond donors (Lipinski definition) is 1. The van der Waals surface area contributed by atoms with Gasteiger partial charge in [-0.05, 0) is 38.5 Å². The zero-order valence-corrected chi connectivity index (χ0v) is 11.0. The Kier molecular flexibility index (Phi) is 3.99. The summed E-state index contributed by atoms with van der Waals surface area (Å²) in [5.41, 5.74) is 3.19. The standard InChI is InChI=1S/C14H18N4/c1-10(13-4-6-15-7-5-13)18-12(3)14-11(2)16-8-9-17-14/h4-10,12,18H,1-3H3. The molecule has 0 aliphatic heterocycles. The van der Waals surface area contributed by atoms with Crippen LogP contribution in [0.5, 0.6) is 0 Å². The van der Waals surface area contributed by atoms with Crippen LogP contribution in [0.3, 0.4) is 0 Å². The Morgan fingerprint density at radius 1 is 0.944 bits per heavy atom. The van der Waals surface area contributed by atoms with E-state index < -0.39 is 0 Å². The van der Waals surface area contributed by atoms with Crippen molar-refractivity contribution < 1.29 is 0 Å². The molecule has 0 aromatic carbocycles. The predicted molar refractivity (Wildman–Crippen MR) is 71.0 cm³/mol. The van der Waals surface area contributed by atoms with Gasteiger partial charge in [-0.15, -0.1) is 0 Å². The number of rotatable bonds is 4. The fourth-order valence-corrected chi connectivity index (χ4v) is 2.05. The van der Waals surface area contributed by atoms with Gasteiger partial charge >= 0.3 is 0 Å². The van der Waals surface area contributed by atoms with E-state index in [1.807, 2.05) is 31.5 Å². The van der Waals surface area contributed by atoms with Crippen LogP contribution in [0.1, 0.15) is 42.9 Å². The molecule has 2 unspecified atom stereocenters. The zero-order valence-electron chi connectivity index (χ0n) is 11.0. The van der Waals surface area contributed by atoms with Crippen molar-refractivity contribution in [3.63, 3.8) is 0 Å². The third-order valence-electron chi connectivity index (χ3n) is 3.04. The van der Waals surface area contributed by atoms with Gasteiger partial charge < -0.3 is 5.32 Å². The summed E-state index contributed by atoms with van der Waals surface area (Å²) in [6, 6.07) is 4.47. The Bertz CT molecular complexity index is 498. The monoisotopic (exact) mass is 242 g/mol. The van der Waals surface area contributed by atoms with Crippen molar-refractivity contribution in [2.75, 3.05) is 0 Å². The van der Waals surface area contributed by atoms with E-state index in [0.29, 0.717) is 0 Å². The van der Waals surface area contributed by atoms with E-state index in [1.165, 1.54) is 5.56 Å². The molecular formula is C14H18N4. The first kappa shape index (κ1) is 12.6. The number of hydrogen-bond acceptors (Lipinski definition) is 4. The first-order valence-corrected chi connectivity index (χ1v) is 6.12. The quantitative estimate of drug-likeness (QED) is 0.895. The molecule has 0 aliphatic carbocycles. The number of aryl methyl sites for hydroxylation is 1. The van der Waals surface area contributed by atoms with E-state index in [-0.39, 0.29) is 12.1 Å². The van der Waals surface area contributed by atoms with Crippen LogP contribution >= 0.6 is 0 Å². The fraction of sp³-hybridized carbons (Fsp3) is 0.357. The first-order valence-electron chi connectivity index (χ1n) is 6.12. The van der Waals surface area contributed by atoms with Crippen LogP contribution in [-0.2, 0) is 0 Å². The second-order valence-electron chi connectivity index (χ2n) is 4.42. The maximum atomic E-state index is 4.39. The minimum atomic E-state index is 0.168. The maximum Gasteiger partial charge on any atom is 0.0782 e. The normalized spacial score (nSPS) is 14.2. The van der Waals surface area contributed by atoms with Crippen molar-refractivity contribution in [1.82, 2.24) is 20.3 Å². The van der Waals surface area contributed by atoms with Crippen molar-refractivity contribution >= 4 is 0 Å². The second kappa shape index (κ2) is 5.69. The van der Waals surface area contributed by atoms with E-state index in [4.69, 9.17) is 0 Å². The summed E-state index contributed by atoms with van der Waals surface area (Å²) in [4.78, 5) is 12.7. The molecule has 2 aromatic heterocycles. The van der Waals surface area contributed by atoms with Gasteiger partial charge in [0.05, 0.1) is 11.4 Å². The summed E-state index contributed by atoms with van der Waals surface area (Å²) in [6.07, 6.45) is 7.08. The Labute approximate surface area is 108 Å². The van der Waals surface area contributed by atoms with Crippen molar-refractivity contribution in [3.05, 3.63) is 53.9 Å². The summed E-state index contributed by atoms with van der Waals surface area (Å²) in [6.45, 7) is 6.23. The lowest BCUT2D eigenvalue weighted by molar-refractivity contribution is 0.482. The largest absolute Gasteiger partial charge is 0.302 e. The van der Waals surface area contributed by atoms with Crippen molar-refractivity contribution in [3.8, 4) is 0 Å². The predicted octanol–water partition coefficient (Wildman–Crippen LogP) is 2.59. The molecule has 0 bridgehead atoms. The summed E-state index contributed by atoms with van der Waals surface area (Å²) < 4.78 is 0. The van der Waals surface area contributed by atoms with Crippen LogP contribution in [0.25, 0.3) is 0 Å². The topological polar surface area (TPSA) is 50.7 Å². The van der Waals surface area contributed by atoms with Crippen LogP contribution in [0.15, 0.2) is 36.9 Å². The van der Waals surface area contributed by atoms with Gasteiger partial charge in [0, 0.05) is 36.9 Å². The lowest BCUT2D eigenvalue weighted by Gasteiger charge is -2.20. The summed E-state index contributed by atoms with van der Waals surface area (Å²) >= 11 is 0. The zero-order chi connectivity index (χ0) is 13.0. The highest BCUT2D eigenvalue weighted by Gasteiger charge is 2.14. The molecule has 2 aromatic rings. The highest BCUT2D eigenvalue weighted by Crippen LogP contribution is 2.18. The van der Waals surface area contributed by atoms with Gasteiger partial charge in [-0.2, -0.15) is 0 Å². The van der Waals surface area contributed by atoms with Crippen LogP contribution in [0, 0.1) is 6.92 Å². The lowest BCUT2D eigenvalue weighted by Crippen LogP contribution is -2.24. The van der Waals surface area contributed by atoms with Gasteiger partial charge in [0.25, 0.3) is 0 Å². The molecule has 2 heterocycles. The maximum absolute atomic E-state index is 4.39. The Morgan fingerprint density at radius 3 is 2.28 bits per heavy atom. The Balaban J connectivity index is 2.08. The highest BCUT2D eigenvalue weighted by molar-refractivity contribution is 5.17. The third kappa shape index (κ3) is 2.90. The van der Waals surface area contributed by atoms with E-state index >= 15 is 0 Å². The van der Waals surface area contributed by atoms with Gasteiger partial charge in [-0.1, -0.05) is 0 Å². The van der Waals surface area contributed by atoms with E-state index in [1.54, 1.807) is 12.4 Å². The molecule has 4 heteroatoms. The minimum Gasteiger partial charge on any atom is -0.302 e. The average Bonchev–Trinajstić information content (AvgIpc) is 2.40. The molecule has 2 atom stereocenters. The molecule has 0 spiro atoms. The molecular weight excluding hydrogens is 224 g/mol. The molecule has 2 rings (SSSR count). The van der Waals surface area contributed by atoms with Gasteiger partial charge in [0.15, 0.2) is 0 Å². The van der Waals surface area contributed by atoms with Crippen molar-refractivity contribution in [2.24, 2.45) is 0 Å². The summed E-state index contributed by atoms with van der Waals surface area (Å²) in [5.74, 6) is 0. The summed E-state index contributed by atoms with van der Waals surface area (Å²) in [5, 5.41) is 3.52. The molecule has 0 amide bonds. The SMILES string of the molecule is Cc1nccnc1C(C)NC(C)c1ccncc1. The Hall–Kier alpha value is -1.81. The Morgan fingerprint density at radius 2 is 1.61 bits per heavy atom. The fourth-order valence-electron chi connectivity index (χ4n) is 2.05. The molecule has 0 radical (unpaired) electrons. The van der Waals surface area contributed by atoms with Gasteiger partial charge in [0.2, 0.25) is 0 Å². The second-order valence-corrected chi connectivity index (χ2v) is 4.42. The number of pyridine rings is 1. The van der Waals surface area contributed by atoms with E-state index in [9.17, 15) is 0 Å². The number of aromatic nitrogens is 3. The van der Waals surface area contributed by atoms with E-state index in [0.717, 1.165) is 11.4 Å². The molecule has 0 aliphatic rings. The minimum absolute atomic E-state index is 0.168. The summed E-state index contributed by atoms with van der Waals surface area (Å²) in [7, 11) is 0. The van der Waals surface area contributed by atoms with Crippen LogP contribution in [0.4, 0.5) is 0 Å². The molecule has 0 saturated heterocycles. The van der Waals surface area contributed by atoms with Crippen LogP contribution < -0.4 is 5.32 Å². The molecule has 4 nitrogen and oxygen atoms in total. The molecule has 0 saturated carbocycles. The molecule has 0 fully saturated rings. The van der Waals surface area contributed by atoms with E-state index in [2.05, 4.69) is 34.1 Å². The molecule has 18 heavy (non-hydrogen) atoms. The van der Waals surface area contributed by atoms with Crippen molar-refractivity contribution in [2.45, 2.75) is 32.9 Å².